The molecule has 6 nitrogen and oxygen atoms in total. The number of amides is 1. The molecule has 0 spiro atoms. The zero-order chi connectivity index (χ0) is 21.1. The Labute approximate surface area is 169 Å². The van der Waals surface area contributed by atoms with Crippen LogP contribution in [-0.2, 0) is 17.9 Å². The molecule has 3 rings (SSSR count). The van der Waals surface area contributed by atoms with Crippen LogP contribution < -0.4 is 16.6 Å². The molecule has 152 valence electrons. The molecule has 0 saturated heterocycles. The van der Waals surface area contributed by atoms with Crippen LogP contribution in [0.25, 0.3) is 10.9 Å². The van der Waals surface area contributed by atoms with Gasteiger partial charge < -0.3 is 5.32 Å². The summed E-state index contributed by atoms with van der Waals surface area (Å²) in [4.78, 5) is 38.5. The van der Waals surface area contributed by atoms with Gasteiger partial charge in [0.1, 0.15) is 6.54 Å². The summed E-state index contributed by atoms with van der Waals surface area (Å²) in [5.41, 5.74) is 1.49. The number of carbonyl (C=O) groups is 1. The van der Waals surface area contributed by atoms with Gasteiger partial charge >= 0.3 is 5.69 Å². The number of benzene rings is 2. The largest absolute Gasteiger partial charge is 0.331 e. The third-order valence-corrected chi connectivity index (χ3v) is 4.82. The minimum atomic E-state index is -0.464. The summed E-state index contributed by atoms with van der Waals surface area (Å²) in [6.07, 6.45) is 0. The summed E-state index contributed by atoms with van der Waals surface area (Å²) < 4.78 is 2.60. The molecule has 6 heteroatoms. The predicted octanol–water partition coefficient (Wildman–Crippen LogP) is 3.58. The van der Waals surface area contributed by atoms with Crippen molar-refractivity contribution in [3.8, 4) is 0 Å². The Balaban J connectivity index is 1.99. The van der Waals surface area contributed by atoms with E-state index in [9.17, 15) is 14.4 Å². The third-order valence-electron chi connectivity index (χ3n) is 4.82. The average Bonchev–Trinajstić information content (AvgIpc) is 2.68. The standard InChI is InChI=1S/C23H27N3O3/c1-15(2)13-26-22(28)19-10-5-6-11-20(19)25(23(26)29)14-21(27)24-18-9-7-8-17(12-18)16(3)4/h5-12,15-16H,13-14H2,1-4H3,(H,24,27). The molecule has 1 amide bonds. The molecule has 0 fully saturated rings. The van der Waals surface area contributed by atoms with Crippen LogP contribution in [0.1, 0.15) is 39.2 Å². The Hall–Kier alpha value is -3.15. The molecule has 0 aliphatic rings. The zero-order valence-electron chi connectivity index (χ0n) is 17.3. The van der Waals surface area contributed by atoms with Gasteiger partial charge in [-0.15, -0.1) is 0 Å². The summed E-state index contributed by atoms with van der Waals surface area (Å²) >= 11 is 0. The monoisotopic (exact) mass is 393 g/mol. The second-order valence-electron chi connectivity index (χ2n) is 8.02. The normalized spacial score (nSPS) is 11.4. The first-order valence-electron chi connectivity index (χ1n) is 9.90. The minimum absolute atomic E-state index is 0.127. The Morgan fingerprint density at radius 3 is 2.38 bits per heavy atom. The van der Waals surface area contributed by atoms with Gasteiger partial charge in [0.15, 0.2) is 0 Å². The van der Waals surface area contributed by atoms with Crippen LogP contribution in [-0.4, -0.2) is 15.0 Å². The van der Waals surface area contributed by atoms with Crippen molar-refractivity contribution in [2.24, 2.45) is 5.92 Å². The smallest absolute Gasteiger partial charge is 0.325 e. The predicted molar refractivity (Wildman–Crippen MR) is 116 cm³/mol. The van der Waals surface area contributed by atoms with Crippen LogP contribution in [0.15, 0.2) is 58.1 Å². The molecule has 1 N–H and O–H groups in total. The first-order valence-corrected chi connectivity index (χ1v) is 9.90. The lowest BCUT2D eigenvalue weighted by Crippen LogP contribution is -2.42. The lowest BCUT2D eigenvalue weighted by atomic mass is 10.0. The van der Waals surface area contributed by atoms with Gasteiger partial charge in [-0.3, -0.25) is 18.7 Å². The molecule has 0 unspecified atom stereocenters. The lowest BCUT2D eigenvalue weighted by Gasteiger charge is -2.15. The fourth-order valence-corrected chi connectivity index (χ4v) is 3.37. The molecule has 2 aromatic carbocycles. The van der Waals surface area contributed by atoms with Gasteiger partial charge in [0.05, 0.1) is 10.9 Å². The summed E-state index contributed by atoms with van der Waals surface area (Å²) in [5, 5.41) is 3.30. The topological polar surface area (TPSA) is 73.1 Å². The van der Waals surface area contributed by atoms with Crippen molar-refractivity contribution in [3.05, 3.63) is 74.9 Å². The van der Waals surface area contributed by atoms with Gasteiger partial charge in [0.2, 0.25) is 5.91 Å². The molecule has 0 saturated carbocycles. The quantitative estimate of drug-likeness (QED) is 0.696. The van der Waals surface area contributed by atoms with Crippen LogP contribution in [0.5, 0.6) is 0 Å². The minimum Gasteiger partial charge on any atom is -0.325 e. The number of nitrogens with zero attached hydrogens (tertiary/aromatic N) is 2. The van der Waals surface area contributed by atoms with E-state index >= 15 is 0 Å². The molecular weight excluding hydrogens is 366 g/mol. The SMILES string of the molecule is CC(C)Cn1c(=O)c2ccccc2n(CC(=O)Nc2cccc(C(C)C)c2)c1=O. The van der Waals surface area contributed by atoms with E-state index in [1.165, 1.54) is 9.13 Å². The third kappa shape index (κ3) is 4.47. The fourth-order valence-electron chi connectivity index (χ4n) is 3.37. The maximum absolute atomic E-state index is 13.0. The number of para-hydroxylation sites is 1. The molecule has 0 bridgehead atoms. The van der Waals surface area contributed by atoms with Crippen molar-refractivity contribution < 1.29 is 4.79 Å². The first-order chi connectivity index (χ1) is 13.8. The van der Waals surface area contributed by atoms with Crippen LogP contribution in [0.3, 0.4) is 0 Å². The van der Waals surface area contributed by atoms with Crippen molar-refractivity contribution in [3.63, 3.8) is 0 Å². The maximum Gasteiger partial charge on any atom is 0.331 e. The highest BCUT2D eigenvalue weighted by Crippen LogP contribution is 2.18. The first kappa shape index (κ1) is 20.6. The van der Waals surface area contributed by atoms with Crippen molar-refractivity contribution in [1.29, 1.82) is 0 Å². The molecule has 0 aliphatic heterocycles. The highest BCUT2D eigenvalue weighted by atomic mass is 16.2. The van der Waals surface area contributed by atoms with E-state index in [1.807, 2.05) is 38.1 Å². The van der Waals surface area contributed by atoms with Crippen LogP contribution in [0, 0.1) is 5.92 Å². The van der Waals surface area contributed by atoms with E-state index < -0.39 is 5.69 Å². The Morgan fingerprint density at radius 1 is 0.966 bits per heavy atom. The van der Waals surface area contributed by atoms with Gasteiger partial charge in [0, 0.05) is 12.2 Å². The molecule has 0 radical (unpaired) electrons. The highest BCUT2D eigenvalue weighted by molar-refractivity contribution is 5.91. The summed E-state index contributed by atoms with van der Waals surface area (Å²) in [7, 11) is 0. The molecule has 0 atom stereocenters. The second-order valence-corrected chi connectivity index (χ2v) is 8.02. The van der Waals surface area contributed by atoms with E-state index in [4.69, 9.17) is 0 Å². The van der Waals surface area contributed by atoms with E-state index in [0.717, 1.165) is 5.56 Å². The molecule has 29 heavy (non-hydrogen) atoms. The van der Waals surface area contributed by atoms with Gasteiger partial charge in [-0.1, -0.05) is 52.0 Å². The van der Waals surface area contributed by atoms with E-state index in [0.29, 0.717) is 29.1 Å². The van der Waals surface area contributed by atoms with Gasteiger partial charge in [-0.05, 0) is 41.7 Å². The van der Waals surface area contributed by atoms with Crippen molar-refractivity contribution >= 4 is 22.5 Å². The van der Waals surface area contributed by atoms with E-state index in [1.54, 1.807) is 24.3 Å². The number of nitrogens with one attached hydrogen (secondary N) is 1. The summed E-state index contributed by atoms with van der Waals surface area (Å²) in [6.45, 7) is 8.21. The Morgan fingerprint density at radius 2 is 1.69 bits per heavy atom. The van der Waals surface area contributed by atoms with Crippen molar-refractivity contribution in [2.75, 3.05) is 5.32 Å². The molecule has 1 heterocycles. The molecule has 3 aromatic rings. The molecule has 0 aliphatic carbocycles. The number of carbonyl (C=O) groups excluding carboxylic acids is 1. The average molecular weight is 393 g/mol. The van der Waals surface area contributed by atoms with E-state index in [-0.39, 0.29) is 23.9 Å². The molecular formula is C23H27N3O3. The van der Waals surface area contributed by atoms with Crippen molar-refractivity contribution in [2.45, 2.75) is 46.7 Å². The van der Waals surface area contributed by atoms with Crippen molar-refractivity contribution in [1.82, 2.24) is 9.13 Å². The van der Waals surface area contributed by atoms with Gasteiger partial charge in [-0.2, -0.15) is 0 Å². The second kappa shape index (κ2) is 8.47. The lowest BCUT2D eigenvalue weighted by molar-refractivity contribution is -0.116. The fraction of sp³-hybridized carbons (Fsp3) is 0.348. The summed E-state index contributed by atoms with van der Waals surface area (Å²) in [5.74, 6) is 0.161. The Kier molecular flexibility index (Phi) is 6.01. The summed E-state index contributed by atoms with van der Waals surface area (Å²) in [6, 6.07) is 14.6. The van der Waals surface area contributed by atoms with Gasteiger partial charge in [-0.25, -0.2) is 4.79 Å². The zero-order valence-corrected chi connectivity index (χ0v) is 17.3. The van der Waals surface area contributed by atoms with Crippen LogP contribution in [0.2, 0.25) is 0 Å². The number of fused-ring (bicyclic) bond motifs is 1. The number of hydrogen-bond donors (Lipinski definition) is 1. The Bertz CT molecular complexity index is 1160. The number of anilines is 1. The molecule has 1 aromatic heterocycles. The number of aromatic nitrogens is 2. The maximum atomic E-state index is 13.0. The highest BCUT2D eigenvalue weighted by Gasteiger charge is 2.16. The van der Waals surface area contributed by atoms with Crippen LogP contribution in [0.4, 0.5) is 5.69 Å². The number of rotatable bonds is 6. The van der Waals surface area contributed by atoms with Gasteiger partial charge in [0.25, 0.3) is 5.56 Å². The van der Waals surface area contributed by atoms with E-state index in [2.05, 4.69) is 19.2 Å². The van der Waals surface area contributed by atoms with Crippen LogP contribution >= 0.6 is 0 Å². The number of hydrogen-bond acceptors (Lipinski definition) is 3.